The summed E-state index contributed by atoms with van der Waals surface area (Å²) in [4.78, 5) is 14.9. The van der Waals surface area contributed by atoms with Crippen LogP contribution in [-0.4, -0.2) is 28.9 Å². The van der Waals surface area contributed by atoms with Gasteiger partial charge in [0.05, 0.1) is 5.56 Å². The number of halogens is 1. The van der Waals surface area contributed by atoms with Crippen LogP contribution in [0.25, 0.3) is 0 Å². The van der Waals surface area contributed by atoms with E-state index in [1.54, 1.807) is 11.8 Å². The smallest absolute Gasteiger partial charge is 0.252 e. The van der Waals surface area contributed by atoms with Crippen LogP contribution >= 0.6 is 11.8 Å². The Bertz CT molecular complexity index is 329. The van der Waals surface area contributed by atoms with Gasteiger partial charge >= 0.3 is 0 Å². The molecule has 0 radical (unpaired) electrons. The zero-order chi connectivity index (χ0) is 11.3. The van der Waals surface area contributed by atoms with Crippen LogP contribution in [0.1, 0.15) is 17.3 Å². The fourth-order valence-electron chi connectivity index (χ4n) is 0.932. The summed E-state index contributed by atoms with van der Waals surface area (Å²) in [6.07, 6.45) is 3.21. The minimum absolute atomic E-state index is 0.219. The Balaban J connectivity index is 2.50. The van der Waals surface area contributed by atoms with Crippen molar-refractivity contribution in [2.75, 3.05) is 12.8 Å². The molecule has 0 aliphatic heterocycles. The second-order valence-corrected chi connectivity index (χ2v) is 4.40. The van der Waals surface area contributed by atoms with E-state index < -0.39 is 5.95 Å². The lowest BCUT2D eigenvalue weighted by molar-refractivity contribution is 0.0953. The predicted molar refractivity (Wildman–Crippen MR) is 59.5 cm³/mol. The van der Waals surface area contributed by atoms with Crippen molar-refractivity contribution in [1.29, 1.82) is 0 Å². The standard InChI is InChI=1S/C10H13FN2OS/c1-7(15-2)5-13-10(14)8-3-4-9(11)12-6-8/h3-4,6-7H,5H2,1-2H3,(H,13,14). The molecule has 0 spiro atoms. The van der Waals surface area contributed by atoms with Crippen molar-refractivity contribution in [2.24, 2.45) is 0 Å². The van der Waals surface area contributed by atoms with Gasteiger partial charge in [-0.1, -0.05) is 6.92 Å². The lowest BCUT2D eigenvalue weighted by atomic mass is 10.2. The Morgan fingerprint density at radius 1 is 1.67 bits per heavy atom. The van der Waals surface area contributed by atoms with Crippen molar-refractivity contribution in [3.8, 4) is 0 Å². The molecule has 15 heavy (non-hydrogen) atoms. The van der Waals surface area contributed by atoms with E-state index in [0.29, 0.717) is 17.4 Å². The summed E-state index contributed by atoms with van der Waals surface area (Å²) in [5.41, 5.74) is 0.379. The van der Waals surface area contributed by atoms with Crippen LogP contribution in [0.4, 0.5) is 4.39 Å². The van der Waals surface area contributed by atoms with E-state index in [9.17, 15) is 9.18 Å². The van der Waals surface area contributed by atoms with Crippen LogP contribution in [0.3, 0.4) is 0 Å². The highest BCUT2D eigenvalue weighted by Gasteiger charge is 2.07. The van der Waals surface area contributed by atoms with Crippen LogP contribution < -0.4 is 5.32 Å². The number of thioether (sulfide) groups is 1. The summed E-state index contributed by atoms with van der Waals surface area (Å²) in [6, 6.07) is 2.59. The molecule has 82 valence electrons. The molecular weight excluding hydrogens is 215 g/mol. The highest BCUT2D eigenvalue weighted by molar-refractivity contribution is 7.99. The fraction of sp³-hybridized carbons (Fsp3) is 0.400. The van der Waals surface area contributed by atoms with Gasteiger partial charge in [-0.15, -0.1) is 0 Å². The van der Waals surface area contributed by atoms with Crippen molar-refractivity contribution in [3.05, 3.63) is 29.8 Å². The summed E-state index contributed by atoms with van der Waals surface area (Å²) in [7, 11) is 0. The molecule has 0 aliphatic rings. The number of hydrogen-bond donors (Lipinski definition) is 1. The van der Waals surface area contributed by atoms with Crippen molar-refractivity contribution in [1.82, 2.24) is 10.3 Å². The van der Waals surface area contributed by atoms with Crippen LogP contribution in [0.2, 0.25) is 0 Å². The Hall–Kier alpha value is -1.10. The highest BCUT2D eigenvalue weighted by Crippen LogP contribution is 2.04. The Kier molecular flexibility index (Phi) is 4.55. The maximum Gasteiger partial charge on any atom is 0.252 e. The number of nitrogens with zero attached hydrogens (tertiary/aromatic N) is 1. The fourth-order valence-corrected chi connectivity index (χ4v) is 1.18. The third-order valence-corrected chi connectivity index (χ3v) is 2.91. The quantitative estimate of drug-likeness (QED) is 0.798. The zero-order valence-electron chi connectivity index (χ0n) is 8.66. The van der Waals surface area contributed by atoms with Crippen molar-refractivity contribution in [3.63, 3.8) is 0 Å². The molecule has 1 heterocycles. The normalized spacial score (nSPS) is 12.2. The molecule has 0 bridgehead atoms. The number of carbonyl (C=O) groups is 1. The number of nitrogens with one attached hydrogen (secondary N) is 1. The topological polar surface area (TPSA) is 42.0 Å². The van der Waals surface area contributed by atoms with Crippen LogP contribution in [0.15, 0.2) is 18.3 Å². The Labute approximate surface area is 92.5 Å². The molecular formula is C10H13FN2OS. The minimum Gasteiger partial charge on any atom is -0.351 e. The van der Waals surface area contributed by atoms with Gasteiger partial charge in [-0.05, 0) is 18.4 Å². The van der Waals surface area contributed by atoms with E-state index in [4.69, 9.17) is 0 Å². The SMILES string of the molecule is CSC(C)CNC(=O)c1ccc(F)nc1. The van der Waals surface area contributed by atoms with Gasteiger partial charge in [0.25, 0.3) is 5.91 Å². The molecule has 1 unspecified atom stereocenters. The molecule has 0 aromatic carbocycles. The second-order valence-electron chi connectivity index (χ2n) is 3.13. The van der Waals surface area contributed by atoms with Gasteiger partial charge in [-0.25, -0.2) is 4.98 Å². The maximum absolute atomic E-state index is 12.5. The van der Waals surface area contributed by atoms with Crippen LogP contribution in [0.5, 0.6) is 0 Å². The zero-order valence-corrected chi connectivity index (χ0v) is 9.47. The molecule has 1 N–H and O–H groups in total. The molecule has 0 saturated heterocycles. The lowest BCUT2D eigenvalue weighted by Crippen LogP contribution is -2.29. The van der Waals surface area contributed by atoms with Crippen molar-refractivity contribution in [2.45, 2.75) is 12.2 Å². The molecule has 5 heteroatoms. The molecule has 1 amide bonds. The van der Waals surface area contributed by atoms with E-state index in [0.717, 1.165) is 0 Å². The van der Waals surface area contributed by atoms with Crippen molar-refractivity contribution < 1.29 is 9.18 Å². The maximum atomic E-state index is 12.5. The second kappa shape index (κ2) is 5.70. The van der Waals surface area contributed by atoms with E-state index in [2.05, 4.69) is 10.3 Å². The minimum atomic E-state index is -0.580. The Morgan fingerprint density at radius 3 is 2.93 bits per heavy atom. The van der Waals surface area contributed by atoms with Gasteiger partial charge < -0.3 is 5.32 Å². The summed E-state index contributed by atoms with van der Waals surface area (Å²) in [6.45, 7) is 2.62. The van der Waals surface area contributed by atoms with Gasteiger partial charge in [-0.3, -0.25) is 4.79 Å². The number of amides is 1. The molecule has 1 atom stereocenters. The Morgan fingerprint density at radius 2 is 2.40 bits per heavy atom. The van der Waals surface area contributed by atoms with E-state index in [1.165, 1.54) is 18.3 Å². The molecule has 3 nitrogen and oxygen atoms in total. The first-order valence-electron chi connectivity index (χ1n) is 4.56. The molecule has 1 rings (SSSR count). The summed E-state index contributed by atoms with van der Waals surface area (Å²) in [5, 5.41) is 3.11. The molecule has 0 fully saturated rings. The summed E-state index contributed by atoms with van der Waals surface area (Å²) in [5.74, 6) is -0.799. The van der Waals surface area contributed by atoms with Gasteiger partial charge in [0.2, 0.25) is 5.95 Å². The van der Waals surface area contributed by atoms with E-state index in [1.807, 2.05) is 13.2 Å². The number of aromatic nitrogens is 1. The number of pyridine rings is 1. The first kappa shape index (κ1) is 12.0. The third kappa shape index (κ3) is 3.87. The first-order chi connectivity index (χ1) is 7.13. The van der Waals surface area contributed by atoms with E-state index >= 15 is 0 Å². The molecule has 1 aromatic heterocycles. The average molecular weight is 228 g/mol. The van der Waals surface area contributed by atoms with Gasteiger partial charge in [0.1, 0.15) is 0 Å². The monoisotopic (exact) mass is 228 g/mol. The lowest BCUT2D eigenvalue weighted by Gasteiger charge is -2.09. The third-order valence-electron chi connectivity index (χ3n) is 1.94. The van der Waals surface area contributed by atoms with E-state index in [-0.39, 0.29) is 5.91 Å². The number of carbonyl (C=O) groups excluding carboxylic acids is 1. The summed E-state index contributed by atoms with van der Waals surface area (Å²) < 4.78 is 12.5. The number of hydrogen-bond acceptors (Lipinski definition) is 3. The first-order valence-corrected chi connectivity index (χ1v) is 5.85. The van der Waals surface area contributed by atoms with Crippen molar-refractivity contribution >= 4 is 17.7 Å². The van der Waals surface area contributed by atoms with Crippen LogP contribution in [-0.2, 0) is 0 Å². The van der Waals surface area contributed by atoms with Gasteiger partial charge in [-0.2, -0.15) is 16.2 Å². The van der Waals surface area contributed by atoms with Gasteiger partial charge in [0, 0.05) is 18.0 Å². The average Bonchev–Trinajstić information content (AvgIpc) is 2.26. The molecule has 0 saturated carbocycles. The predicted octanol–water partition coefficient (Wildman–Crippen LogP) is 1.70. The largest absolute Gasteiger partial charge is 0.351 e. The highest BCUT2D eigenvalue weighted by atomic mass is 32.2. The molecule has 1 aromatic rings. The summed E-state index contributed by atoms with van der Waals surface area (Å²) >= 11 is 1.67. The number of rotatable bonds is 4. The van der Waals surface area contributed by atoms with Crippen LogP contribution in [0, 0.1) is 5.95 Å². The molecule has 0 aliphatic carbocycles. The van der Waals surface area contributed by atoms with Gasteiger partial charge in [0.15, 0.2) is 0 Å².